The Morgan fingerprint density at radius 3 is 2.55 bits per heavy atom. The Hall–Kier alpha value is -2.08. The van der Waals surface area contributed by atoms with E-state index in [1.165, 1.54) is 12.8 Å². The van der Waals surface area contributed by atoms with Gasteiger partial charge in [0.05, 0.1) is 6.54 Å². The molecule has 29 heavy (non-hydrogen) atoms. The molecule has 2 saturated heterocycles. The topological polar surface area (TPSA) is 57.0 Å². The van der Waals surface area contributed by atoms with Crippen molar-refractivity contribution in [1.29, 1.82) is 0 Å². The molecule has 0 N–H and O–H groups in total. The summed E-state index contributed by atoms with van der Waals surface area (Å²) in [6.45, 7) is 8.55. The van der Waals surface area contributed by atoms with Crippen LogP contribution in [-0.4, -0.2) is 71.8 Å². The molecular formula is C23H33N3O3. The van der Waals surface area contributed by atoms with Crippen LogP contribution in [0.2, 0.25) is 0 Å². The van der Waals surface area contributed by atoms with E-state index in [0.717, 1.165) is 44.0 Å². The van der Waals surface area contributed by atoms with Crippen LogP contribution < -0.4 is 0 Å². The molecule has 0 aromatic carbocycles. The lowest BCUT2D eigenvalue weighted by Crippen LogP contribution is -2.52. The Labute approximate surface area is 173 Å². The van der Waals surface area contributed by atoms with Gasteiger partial charge in [-0.25, -0.2) is 0 Å². The monoisotopic (exact) mass is 399 g/mol. The predicted molar refractivity (Wildman–Crippen MR) is 112 cm³/mol. The van der Waals surface area contributed by atoms with Gasteiger partial charge in [-0.3, -0.25) is 14.5 Å². The summed E-state index contributed by atoms with van der Waals surface area (Å²) in [5.41, 5.74) is 0. The number of rotatable bonds is 5. The van der Waals surface area contributed by atoms with Crippen LogP contribution in [0, 0.1) is 5.92 Å². The molecule has 3 fully saturated rings. The van der Waals surface area contributed by atoms with Crippen molar-refractivity contribution in [2.24, 2.45) is 5.92 Å². The van der Waals surface area contributed by atoms with Crippen molar-refractivity contribution in [1.82, 2.24) is 14.7 Å². The van der Waals surface area contributed by atoms with E-state index in [2.05, 4.69) is 18.7 Å². The van der Waals surface area contributed by atoms with E-state index in [1.807, 2.05) is 21.9 Å². The van der Waals surface area contributed by atoms with Crippen molar-refractivity contribution in [3.05, 3.63) is 29.7 Å². The molecule has 3 aliphatic rings. The fourth-order valence-electron chi connectivity index (χ4n) is 4.51. The number of likely N-dealkylation sites (tertiary alicyclic amines) is 1. The minimum Gasteiger partial charge on any atom is -0.461 e. The Bertz CT molecular complexity index is 763. The lowest BCUT2D eigenvalue weighted by Gasteiger charge is -2.37. The summed E-state index contributed by atoms with van der Waals surface area (Å²) >= 11 is 0. The second-order valence-corrected chi connectivity index (χ2v) is 8.93. The van der Waals surface area contributed by atoms with Gasteiger partial charge in [0.15, 0.2) is 0 Å². The quantitative estimate of drug-likeness (QED) is 0.715. The Morgan fingerprint density at radius 2 is 1.86 bits per heavy atom. The minimum atomic E-state index is 0.0124. The first-order valence-electron chi connectivity index (χ1n) is 11.1. The summed E-state index contributed by atoms with van der Waals surface area (Å²) in [6.07, 6.45) is 8.01. The number of carbonyl (C=O) groups is 2. The largest absolute Gasteiger partial charge is 0.461 e. The molecule has 6 heteroatoms. The third-order valence-electron chi connectivity index (χ3n) is 6.68. The summed E-state index contributed by atoms with van der Waals surface area (Å²) in [4.78, 5) is 31.2. The van der Waals surface area contributed by atoms with Crippen LogP contribution in [0.3, 0.4) is 0 Å². The smallest absolute Gasteiger partial charge is 0.246 e. The van der Waals surface area contributed by atoms with Gasteiger partial charge in [-0.1, -0.05) is 6.92 Å². The van der Waals surface area contributed by atoms with E-state index >= 15 is 0 Å². The lowest BCUT2D eigenvalue weighted by molar-refractivity contribution is -0.136. The molecule has 158 valence electrons. The van der Waals surface area contributed by atoms with Gasteiger partial charge >= 0.3 is 0 Å². The highest BCUT2D eigenvalue weighted by molar-refractivity contribution is 5.91. The fraction of sp³-hybridized carbons (Fsp3) is 0.652. The first-order chi connectivity index (χ1) is 14.0. The summed E-state index contributed by atoms with van der Waals surface area (Å²) in [7, 11) is 0. The van der Waals surface area contributed by atoms with Gasteiger partial charge in [0.25, 0.3) is 0 Å². The number of nitrogens with zero attached hydrogens (tertiary/aromatic N) is 3. The van der Waals surface area contributed by atoms with Crippen molar-refractivity contribution in [3.63, 3.8) is 0 Å². The van der Waals surface area contributed by atoms with Crippen LogP contribution in [0.4, 0.5) is 0 Å². The normalized spacial score (nSPS) is 28.1. The molecule has 0 spiro atoms. The number of piperidine rings is 1. The number of furan rings is 1. The van der Waals surface area contributed by atoms with Crippen LogP contribution in [0.25, 0.3) is 6.08 Å². The van der Waals surface area contributed by atoms with Crippen molar-refractivity contribution < 1.29 is 14.0 Å². The van der Waals surface area contributed by atoms with Gasteiger partial charge in [0.1, 0.15) is 11.5 Å². The summed E-state index contributed by atoms with van der Waals surface area (Å²) in [5.74, 6) is 3.28. The van der Waals surface area contributed by atoms with E-state index in [0.29, 0.717) is 37.5 Å². The molecule has 1 saturated carbocycles. The maximum atomic E-state index is 12.6. The zero-order valence-electron chi connectivity index (χ0n) is 17.7. The first-order valence-corrected chi connectivity index (χ1v) is 11.1. The van der Waals surface area contributed by atoms with Crippen molar-refractivity contribution in [2.45, 2.75) is 51.5 Å². The van der Waals surface area contributed by atoms with E-state index in [9.17, 15) is 9.59 Å². The van der Waals surface area contributed by atoms with Gasteiger partial charge < -0.3 is 14.2 Å². The zero-order valence-corrected chi connectivity index (χ0v) is 17.7. The molecule has 2 aliphatic heterocycles. The molecule has 2 amide bonds. The van der Waals surface area contributed by atoms with Crippen LogP contribution in [0.1, 0.15) is 57.0 Å². The number of amides is 2. The van der Waals surface area contributed by atoms with E-state index in [4.69, 9.17) is 4.42 Å². The van der Waals surface area contributed by atoms with E-state index in [-0.39, 0.29) is 11.8 Å². The minimum absolute atomic E-state index is 0.0124. The Kier molecular flexibility index (Phi) is 6.09. The molecule has 0 bridgehead atoms. The maximum Gasteiger partial charge on any atom is 0.246 e. The van der Waals surface area contributed by atoms with Crippen molar-refractivity contribution in [3.8, 4) is 0 Å². The van der Waals surface area contributed by atoms with Gasteiger partial charge in [-0.05, 0) is 56.7 Å². The van der Waals surface area contributed by atoms with Crippen molar-refractivity contribution in [2.75, 3.05) is 39.3 Å². The van der Waals surface area contributed by atoms with Gasteiger partial charge in [-0.2, -0.15) is 0 Å². The molecule has 1 aliphatic carbocycles. The average molecular weight is 400 g/mol. The molecule has 1 aromatic heterocycles. The third kappa shape index (κ3) is 4.92. The lowest BCUT2D eigenvalue weighted by atomic mass is 10.0. The molecule has 0 unspecified atom stereocenters. The van der Waals surface area contributed by atoms with Crippen LogP contribution in [-0.2, 0) is 9.59 Å². The van der Waals surface area contributed by atoms with Gasteiger partial charge in [-0.15, -0.1) is 0 Å². The first kappa shape index (κ1) is 20.2. The Morgan fingerprint density at radius 1 is 1.10 bits per heavy atom. The predicted octanol–water partition coefficient (Wildman–Crippen LogP) is 2.96. The van der Waals surface area contributed by atoms with Crippen LogP contribution >= 0.6 is 0 Å². The van der Waals surface area contributed by atoms with E-state index < -0.39 is 0 Å². The standard InChI is InChI=1S/C23H33N3O3/c1-17-15-20(17)21-8-6-19(29-21)7-9-22(27)25-13-11-24(12-14-25)16-23(28)26-10-4-3-5-18(26)2/h6-9,17-18,20H,3-5,10-16H2,1-2H3/b9-7-/t17-,18+,20+/m1/s1. The average Bonchev–Trinajstić information content (AvgIpc) is 3.26. The third-order valence-corrected chi connectivity index (χ3v) is 6.68. The molecule has 6 nitrogen and oxygen atoms in total. The van der Waals surface area contributed by atoms with Crippen molar-refractivity contribution >= 4 is 17.9 Å². The summed E-state index contributed by atoms with van der Waals surface area (Å²) in [5, 5.41) is 0. The Balaban J connectivity index is 1.22. The van der Waals surface area contributed by atoms with Gasteiger partial charge in [0, 0.05) is 50.8 Å². The van der Waals surface area contributed by atoms with Crippen LogP contribution in [0.5, 0.6) is 0 Å². The highest BCUT2D eigenvalue weighted by atomic mass is 16.3. The second kappa shape index (κ2) is 8.74. The molecule has 0 radical (unpaired) electrons. The SMILES string of the molecule is C[C@@H]1C[C@@H]1c1ccc(/C=C\C(=O)N2CCN(CC(=O)N3CCCC[C@@H]3C)CC2)o1. The van der Waals surface area contributed by atoms with Crippen LogP contribution in [0.15, 0.2) is 22.6 Å². The molecule has 4 rings (SSSR count). The summed E-state index contributed by atoms with van der Waals surface area (Å²) in [6, 6.07) is 4.32. The summed E-state index contributed by atoms with van der Waals surface area (Å²) < 4.78 is 5.83. The molecule has 3 atom stereocenters. The zero-order chi connectivity index (χ0) is 20.4. The molecule has 1 aromatic rings. The number of carbonyl (C=O) groups excluding carboxylic acids is 2. The molecular weight excluding hydrogens is 366 g/mol. The number of piperazine rings is 1. The molecule has 3 heterocycles. The number of hydrogen-bond donors (Lipinski definition) is 0. The fourth-order valence-corrected chi connectivity index (χ4v) is 4.51. The highest BCUT2D eigenvalue weighted by Crippen LogP contribution is 2.47. The second-order valence-electron chi connectivity index (χ2n) is 8.93. The maximum absolute atomic E-state index is 12.6. The number of hydrogen-bond acceptors (Lipinski definition) is 4. The highest BCUT2D eigenvalue weighted by Gasteiger charge is 2.36. The van der Waals surface area contributed by atoms with Gasteiger partial charge in [0.2, 0.25) is 11.8 Å². The van der Waals surface area contributed by atoms with E-state index in [1.54, 1.807) is 12.2 Å².